The van der Waals surface area contributed by atoms with Crippen LogP contribution in [-0.2, 0) is 0 Å². The van der Waals surface area contributed by atoms with Crippen LogP contribution in [0.4, 0.5) is 4.39 Å². The minimum Gasteiger partial charge on any atom is -0.491 e. The summed E-state index contributed by atoms with van der Waals surface area (Å²) in [5.74, 6) is 0.0220. The van der Waals surface area contributed by atoms with Crippen LogP contribution in [0.5, 0.6) is 5.75 Å². The van der Waals surface area contributed by atoms with Crippen LogP contribution in [0.25, 0.3) is 0 Å². The molecule has 0 heterocycles. The van der Waals surface area contributed by atoms with Crippen LogP contribution >= 0.6 is 0 Å². The molecule has 0 aliphatic rings. The standard InChI is InChI=1S/C13H21FN2O/c1-4-17-13-6-5-10(9-11(13)14)12(16-3)7-8-15-2/h5-6,9,12,15-16H,4,7-8H2,1-3H3. The lowest BCUT2D eigenvalue weighted by Gasteiger charge is -2.17. The van der Waals surface area contributed by atoms with Gasteiger partial charge in [0.05, 0.1) is 6.61 Å². The number of halogens is 1. The highest BCUT2D eigenvalue weighted by Crippen LogP contribution is 2.23. The van der Waals surface area contributed by atoms with Crippen molar-refractivity contribution in [3.63, 3.8) is 0 Å². The molecule has 1 unspecified atom stereocenters. The molecule has 0 fully saturated rings. The van der Waals surface area contributed by atoms with E-state index in [9.17, 15) is 4.39 Å². The van der Waals surface area contributed by atoms with Gasteiger partial charge >= 0.3 is 0 Å². The third kappa shape index (κ3) is 3.98. The quantitative estimate of drug-likeness (QED) is 0.765. The van der Waals surface area contributed by atoms with Gasteiger partial charge in [0.25, 0.3) is 0 Å². The van der Waals surface area contributed by atoms with Crippen molar-refractivity contribution in [1.29, 1.82) is 0 Å². The van der Waals surface area contributed by atoms with Crippen LogP contribution in [-0.4, -0.2) is 27.2 Å². The van der Waals surface area contributed by atoms with Gasteiger partial charge in [-0.15, -0.1) is 0 Å². The lowest BCUT2D eigenvalue weighted by molar-refractivity contribution is 0.321. The number of nitrogens with one attached hydrogen (secondary N) is 2. The largest absolute Gasteiger partial charge is 0.491 e. The van der Waals surface area contributed by atoms with E-state index in [1.54, 1.807) is 12.1 Å². The van der Waals surface area contributed by atoms with Crippen LogP contribution < -0.4 is 15.4 Å². The van der Waals surface area contributed by atoms with Gasteiger partial charge in [-0.25, -0.2) is 4.39 Å². The molecular weight excluding hydrogens is 219 g/mol. The molecule has 0 aliphatic carbocycles. The zero-order valence-corrected chi connectivity index (χ0v) is 10.7. The second-order valence-corrected chi connectivity index (χ2v) is 3.86. The molecule has 1 aromatic rings. The van der Waals surface area contributed by atoms with E-state index in [1.807, 2.05) is 27.1 Å². The first kappa shape index (κ1) is 13.9. The van der Waals surface area contributed by atoms with Crippen LogP contribution in [0.3, 0.4) is 0 Å². The Hall–Kier alpha value is -1.13. The lowest BCUT2D eigenvalue weighted by Crippen LogP contribution is -2.21. The summed E-state index contributed by atoms with van der Waals surface area (Å²) < 4.78 is 18.9. The first-order valence-corrected chi connectivity index (χ1v) is 5.97. The average Bonchev–Trinajstić information content (AvgIpc) is 2.33. The highest BCUT2D eigenvalue weighted by molar-refractivity contribution is 5.31. The van der Waals surface area contributed by atoms with Gasteiger partial charge < -0.3 is 15.4 Å². The molecule has 0 aromatic heterocycles. The SMILES string of the molecule is CCOc1ccc(C(CCNC)NC)cc1F. The van der Waals surface area contributed by atoms with Gasteiger partial charge in [0.2, 0.25) is 0 Å². The summed E-state index contributed by atoms with van der Waals surface area (Å²) in [6, 6.07) is 5.30. The maximum absolute atomic E-state index is 13.7. The molecule has 0 saturated heterocycles. The molecule has 0 bridgehead atoms. The Morgan fingerprint density at radius 2 is 2.12 bits per heavy atom. The van der Waals surface area contributed by atoms with E-state index in [0.29, 0.717) is 12.4 Å². The Kier molecular flexibility index (Phi) is 5.94. The van der Waals surface area contributed by atoms with E-state index in [0.717, 1.165) is 18.5 Å². The molecule has 2 N–H and O–H groups in total. The Balaban J connectivity index is 2.79. The van der Waals surface area contributed by atoms with Crippen molar-refractivity contribution in [2.24, 2.45) is 0 Å². The summed E-state index contributed by atoms with van der Waals surface area (Å²) in [6.07, 6.45) is 0.917. The van der Waals surface area contributed by atoms with E-state index >= 15 is 0 Å². The molecule has 0 aliphatic heterocycles. The van der Waals surface area contributed by atoms with E-state index in [1.165, 1.54) is 0 Å². The molecule has 1 rings (SSSR count). The van der Waals surface area contributed by atoms with Crippen molar-refractivity contribution in [2.45, 2.75) is 19.4 Å². The molecular formula is C13H21FN2O. The summed E-state index contributed by atoms with van der Waals surface area (Å²) >= 11 is 0. The van der Waals surface area contributed by atoms with Crippen LogP contribution in [0, 0.1) is 5.82 Å². The zero-order chi connectivity index (χ0) is 12.7. The molecule has 17 heavy (non-hydrogen) atoms. The van der Waals surface area contributed by atoms with Gasteiger partial charge in [-0.3, -0.25) is 0 Å². The van der Waals surface area contributed by atoms with Crippen molar-refractivity contribution >= 4 is 0 Å². The maximum Gasteiger partial charge on any atom is 0.165 e. The van der Waals surface area contributed by atoms with Gasteiger partial charge in [-0.1, -0.05) is 6.07 Å². The number of hydrogen-bond acceptors (Lipinski definition) is 3. The maximum atomic E-state index is 13.7. The highest BCUT2D eigenvalue weighted by atomic mass is 19.1. The Bertz CT molecular complexity index is 344. The third-order valence-electron chi connectivity index (χ3n) is 2.69. The molecule has 0 saturated carbocycles. The smallest absolute Gasteiger partial charge is 0.165 e. The van der Waals surface area contributed by atoms with E-state index in [2.05, 4.69) is 10.6 Å². The second-order valence-electron chi connectivity index (χ2n) is 3.86. The molecule has 3 nitrogen and oxygen atoms in total. The van der Waals surface area contributed by atoms with E-state index < -0.39 is 0 Å². The zero-order valence-electron chi connectivity index (χ0n) is 10.7. The fraction of sp³-hybridized carbons (Fsp3) is 0.538. The highest BCUT2D eigenvalue weighted by Gasteiger charge is 2.11. The summed E-state index contributed by atoms with van der Waals surface area (Å²) in [6.45, 7) is 3.21. The Morgan fingerprint density at radius 3 is 2.65 bits per heavy atom. The first-order valence-electron chi connectivity index (χ1n) is 5.97. The number of rotatable bonds is 7. The van der Waals surface area contributed by atoms with Crippen LogP contribution in [0.1, 0.15) is 24.9 Å². The molecule has 4 heteroatoms. The van der Waals surface area contributed by atoms with Crippen LogP contribution in [0.15, 0.2) is 18.2 Å². The number of ether oxygens (including phenoxy) is 1. The molecule has 1 aromatic carbocycles. The number of hydrogen-bond donors (Lipinski definition) is 2. The van der Waals surface area contributed by atoms with Gasteiger partial charge in [-0.05, 0) is 51.7 Å². The fourth-order valence-electron chi connectivity index (χ4n) is 1.77. The summed E-state index contributed by atoms with van der Waals surface area (Å²) in [7, 11) is 3.79. The minimum atomic E-state index is -0.297. The van der Waals surface area contributed by atoms with E-state index in [-0.39, 0.29) is 11.9 Å². The van der Waals surface area contributed by atoms with Crippen molar-refractivity contribution in [3.8, 4) is 5.75 Å². The summed E-state index contributed by atoms with van der Waals surface area (Å²) in [5.41, 5.74) is 0.948. The van der Waals surface area contributed by atoms with Crippen LogP contribution in [0.2, 0.25) is 0 Å². The normalized spacial score (nSPS) is 12.5. The summed E-state index contributed by atoms with van der Waals surface area (Å²) in [5, 5.41) is 6.27. The van der Waals surface area contributed by atoms with Gasteiger partial charge in [0.1, 0.15) is 0 Å². The Labute approximate surface area is 102 Å². The predicted molar refractivity (Wildman–Crippen MR) is 67.9 cm³/mol. The lowest BCUT2D eigenvalue weighted by atomic mass is 10.0. The average molecular weight is 240 g/mol. The summed E-state index contributed by atoms with van der Waals surface area (Å²) in [4.78, 5) is 0. The van der Waals surface area contributed by atoms with Crippen molar-refractivity contribution < 1.29 is 9.13 Å². The molecule has 0 amide bonds. The third-order valence-corrected chi connectivity index (χ3v) is 2.69. The van der Waals surface area contributed by atoms with Crippen molar-refractivity contribution in [2.75, 3.05) is 27.2 Å². The van der Waals surface area contributed by atoms with Gasteiger partial charge in [0.15, 0.2) is 11.6 Å². The monoisotopic (exact) mass is 240 g/mol. The molecule has 0 radical (unpaired) electrons. The molecule has 96 valence electrons. The Morgan fingerprint density at radius 1 is 1.35 bits per heavy atom. The predicted octanol–water partition coefficient (Wildman–Crippen LogP) is 2.09. The first-order chi connectivity index (χ1) is 8.22. The van der Waals surface area contributed by atoms with E-state index in [4.69, 9.17) is 4.74 Å². The molecule has 1 atom stereocenters. The van der Waals surface area contributed by atoms with Crippen molar-refractivity contribution in [3.05, 3.63) is 29.6 Å². The van der Waals surface area contributed by atoms with Crippen molar-refractivity contribution in [1.82, 2.24) is 10.6 Å². The molecule has 0 spiro atoms. The second kappa shape index (κ2) is 7.25. The minimum absolute atomic E-state index is 0.160. The fourth-order valence-corrected chi connectivity index (χ4v) is 1.77. The topological polar surface area (TPSA) is 33.3 Å². The number of benzene rings is 1. The van der Waals surface area contributed by atoms with Gasteiger partial charge in [0, 0.05) is 6.04 Å². The van der Waals surface area contributed by atoms with Gasteiger partial charge in [-0.2, -0.15) is 0 Å².